The topological polar surface area (TPSA) is 66.4 Å². The molecule has 1 aromatic rings. The van der Waals surface area contributed by atoms with E-state index < -0.39 is 17.4 Å². The van der Waals surface area contributed by atoms with Crippen molar-refractivity contribution >= 4 is 35.1 Å². The SMILES string of the molecule is CC(=O)NC(C)(C(=O)O)c1ccc(Cl)c(Cl)c1. The van der Waals surface area contributed by atoms with Gasteiger partial charge in [-0.2, -0.15) is 0 Å². The van der Waals surface area contributed by atoms with Crippen LogP contribution in [0.15, 0.2) is 18.2 Å². The molecule has 1 atom stereocenters. The molecule has 1 aromatic carbocycles. The molecule has 0 heterocycles. The van der Waals surface area contributed by atoms with Crippen molar-refractivity contribution in [1.29, 1.82) is 0 Å². The molecule has 1 amide bonds. The lowest BCUT2D eigenvalue weighted by Crippen LogP contribution is -2.48. The molecule has 0 spiro atoms. The van der Waals surface area contributed by atoms with E-state index in [9.17, 15) is 14.7 Å². The fourth-order valence-corrected chi connectivity index (χ4v) is 1.71. The van der Waals surface area contributed by atoms with Crippen molar-refractivity contribution < 1.29 is 14.7 Å². The predicted octanol–water partition coefficient (Wildman–Crippen LogP) is 2.43. The number of rotatable bonds is 3. The first kappa shape index (κ1) is 13.8. The monoisotopic (exact) mass is 275 g/mol. The van der Waals surface area contributed by atoms with Gasteiger partial charge < -0.3 is 10.4 Å². The lowest BCUT2D eigenvalue weighted by atomic mass is 9.92. The minimum atomic E-state index is -1.53. The van der Waals surface area contributed by atoms with Crippen molar-refractivity contribution in [3.8, 4) is 0 Å². The van der Waals surface area contributed by atoms with Gasteiger partial charge in [-0.1, -0.05) is 29.3 Å². The first-order valence-electron chi connectivity index (χ1n) is 4.75. The molecule has 0 aliphatic rings. The summed E-state index contributed by atoms with van der Waals surface area (Å²) in [7, 11) is 0. The number of halogens is 2. The summed E-state index contributed by atoms with van der Waals surface area (Å²) in [5.41, 5.74) is -1.17. The third-order valence-corrected chi connectivity index (χ3v) is 3.09. The number of hydrogen-bond acceptors (Lipinski definition) is 2. The van der Waals surface area contributed by atoms with Gasteiger partial charge in [0.05, 0.1) is 10.0 Å². The van der Waals surface area contributed by atoms with Gasteiger partial charge in [0.15, 0.2) is 5.54 Å². The van der Waals surface area contributed by atoms with Gasteiger partial charge >= 0.3 is 5.97 Å². The largest absolute Gasteiger partial charge is 0.479 e. The molecule has 1 unspecified atom stereocenters. The first-order valence-corrected chi connectivity index (χ1v) is 5.50. The number of carbonyl (C=O) groups is 2. The Labute approximate surface area is 109 Å². The Balaban J connectivity index is 3.27. The molecule has 0 fully saturated rings. The van der Waals surface area contributed by atoms with Crippen molar-refractivity contribution in [2.45, 2.75) is 19.4 Å². The van der Waals surface area contributed by atoms with Crippen LogP contribution < -0.4 is 5.32 Å². The molecule has 17 heavy (non-hydrogen) atoms. The molecular weight excluding hydrogens is 265 g/mol. The van der Waals surface area contributed by atoms with Gasteiger partial charge in [-0.3, -0.25) is 4.79 Å². The van der Waals surface area contributed by atoms with Gasteiger partial charge in [0, 0.05) is 6.92 Å². The van der Waals surface area contributed by atoms with Crippen LogP contribution in [0.4, 0.5) is 0 Å². The number of carboxylic acids is 1. The van der Waals surface area contributed by atoms with Gasteiger partial charge in [-0.05, 0) is 24.6 Å². The Kier molecular flexibility index (Phi) is 4.01. The lowest BCUT2D eigenvalue weighted by molar-refractivity contribution is -0.147. The highest BCUT2D eigenvalue weighted by Gasteiger charge is 2.36. The van der Waals surface area contributed by atoms with Crippen molar-refractivity contribution in [2.75, 3.05) is 0 Å². The third kappa shape index (κ3) is 2.90. The van der Waals surface area contributed by atoms with Gasteiger partial charge in [0.1, 0.15) is 0 Å². The predicted molar refractivity (Wildman–Crippen MR) is 65.3 cm³/mol. The van der Waals surface area contributed by atoms with Crippen LogP contribution in [0.1, 0.15) is 19.4 Å². The van der Waals surface area contributed by atoms with Gasteiger partial charge in [-0.25, -0.2) is 4.79 Å². The van der Waals surface area contributed by atoms with Crippen LogP contribution in [0.5, 0.6) is 0 Å². The number of carbonyl (C=O) groups excluding carboxylic acids is 1. The summed E-state index contributed by atoms with van der Waals surface area (Å²) >= 11 is 11.6. The van der Waals surface area contributed by atoms with E-state index in [1.54, 1.807) is 0 Å². The van der Waals surface area contributed by atoms with Gasteiger partial charge in [0.25, 0.3) is 0 Å². The van der Waals surface area contributed by atoms with E-state index in [-0.39, 0.29) is 5.02 Å². The number of aliphatic carboxylic acids is 1. The first-order chi connectivity index (χ1) is 7.77. The summed E-state index contributed by atoms with van der Waals surface area (Å²) in [6, 6.07) is 4.43. The van der Waals surface area contributed by atoms with E-state index in [1.165, 1.54) is 32.0 Å². The summed E-state index contributed by atoms with van der Waals surface area (Å²) in [5, 5.41) is 12.1. The van der Waals surface area contributed by atoms with Crippen LogP contribution in [0.3, 0.4) is 0 Å². The van der Waals surface area contributed by atoms with E-state index in [1.807, 2.05) is 0 Å². The number of carboxylic acid groups (broad SMARTS) is 1. The van der Waals surface area contributed by atoms with E-state index in [4.69, 9.17) is 23.2 Å². The highest BCUT2D eigenvalue weighted by molar-refractivity contribution is 6.42. The number of hydrogen-bond donors (Lipinski definition) is 2. The Morgan fingerprint density at radius 2 is 1.88 bits per heavy atom. The highest BCUT2D eigenvalue weighted by atomic mass is 35.5. The quantitative estimate of drug-likeness (QED) is 0.891. The molecule has 4 nitrogen and oxygen atoms in total. The molecule has 0 bridgehead atoms. The average molecular weight is 276 g/mol. The van der Waals surface area contributed by atoms with E-state index in [0.29, 0.717) is 10.6 Å². The Morgan fingerprint density at radius 1 is 1.29 bits per heavy atom. The number of nitrogens with one attached hydrogen (secondary N) is 1. The normalized spacial score (nSPS) is 13.9. The van der Waals surface area contributed by atoms with Crippen molar-refractivity contribution in [3.63, 3.8) is 0 Å². The molecule has 6 heteroatoms. The van der Waals surface area contributed by atoms with Crippen LogP contribution in [-0.4, -0.2) is 17.0 Å². The molecule has 0 saturated carbocycles. The second kappa shape index (κ2) is 4.94. The van der Waals surface area contributed by atoms with Gasteiger partial charge in [-0.15, -0.1) is 0 Å². The minimum absolute atomic E-state index is 0.238. The van der Waals surface area contributed by atoms with Crippen LogP contribution in [0.2, 0.25) is 10.0 Å². The zero-order valence-electron chi connectivity index (χ0n) is 9.25. The van der Waals surface area contributed by atoms with Crippen LogP contribution in [0, 0.1) is 0 Å². The molecule has 1 rings (SSSR count). The summed E-state index contributed by atoms with van der Waals surface area (Å²) in [4.78, 5) is 22.3. The lowest BCUT2D eigenvalue weighted by Gasteiger charge is -2.26. The zero-order valence-corrected chi connectivity index (χ0v) is 10.8. The average Bonchev–Trinajstić information content (AvgIpc) is 2.20. The summed E-state index contributed by atoms with van der Waals surface area (Å²) in [6.45, 7) is 2.63. The second-order valence-electron chi connectivity index (χ2n) is 3.74. The van der Waals surface area contributed by atoms with Crippen LogP contribution >= 0.6 is 23.2 Å². The standard InChI is InChI=1S/C11H11Cl2NO3/c1-6(15)14-11(2,10(16)17)7-3-4-8(12)9(13)5-7/h3-5H,1-2H3,(H,14,15)(H,16,17). The molecule has 0 aliphatic carbocycles. The van der Waals surface area contributed by atoms with E-state index in [2.05, 4.69) is 5.32 Å². The molecule has 0 saturated heterocycles. The second-order valence-corrected chi connectivity index (χ2v) is 4.55. The zero-order chi connectivity index (χ0) is 13.2. The minimum Gasteiger partial charge on any atom is -0.479 e. The molecular formula is C11H11Cl2NO3. The fourth-order valence-electron chi connectivity index (χ4n) is 1.41. The molecule has 2 N–H and O–H groups in total. The summed E-state index contributed by atoms with van der Waals surface area (Å²) in [5.74, 6) is -1.62. The molecule has 0 aliphatic heterocycles. The fraction of sp³-hybridized carbons (Fsp3) is 0.273. The van der Waals surface area contributed by atoms with Crippen LogP contribution in [0.25, 0.3) is 0 Å². The maximum Gasteiger partial charge on any atom is 0.333 e. The van der Waals surface area contributed by atoms with Gasteiger partial charge in [0.2, 0.25) is 5.91 Å². The summed E-state index contributed by atoms with van der Waals surface area (Å²) in [6.07, 6.45) is 0. The van der Waals surface area contributed by atoms with Crippen molar-refractivity contribution in [2.24, 2.45) is 0 Å². The van der Waals surface area contributed by atoms with Crippen LogP contribution in [-0.2, 0) is 15.1 Å². The smallest absolute Gasteiger partial charge is 0.333 e. The molecule has 92 valence electrons. The van der Waals surface area contributed by atoms with Crippen molar-refractivity contribution in [1.82, 2.24) is 5.32 Å². The maximum absolute atomic E-state index is 11.3. The van der Waals surface area contributed by atoms with Crippen molar-refractivity contribution in [3.05, 3.63) is 33.8 Å². The highest BCUT2D eigenvalue weighted by Crippen LogP contribution is 2.28. The Morgan fingerprint density at radius 3 is 2.29 bits per heavy atom. The molecule has 0 aromatic heterocycles. The van der Waals surface area contributed by atoms with E-state index in [0.717, 1.165) is 0 Å². The summed E-state index contributed by atoms with van der Waals surface area (Å²) < 4.78 is 0. The third-order valence-electron chi connectivity index (χ3n) is 2.35. The Hall–Kier alpha value is -1.26. The maximum atomic E-state index is 11.3. The molecule has 0 radical (unpaired) electrons. The number of amides is 1. The van der Waals surface area contributed by atoms with E-state index >= 15 is 0 Å². The Bertz CT molecular complexity index is 476. The number of benzene rings is 1.